The molecule has 0 heterocycles. The molecule has 0 saturated heterocycles. The molecule has 0 aliphatic carbocycles. The lowest BCUT2D eigenvalue weighted by atomic mass is 10.2. The number of carbonyl (C=O) groups excluding carboxylic acids is 1. The van der Waals surface area contributed by atoms with Gasteiger partial charge in [0.05, 0.1) is 13.7 Å². The number of unbranched alkanes of at least 4 members (excludes halogenated alkanes) is 2. The SMILES string of the molecule is COC(=O)CCCCCOc1ccc(CCBr)cc1. The van der Waals surface area contributed by atoms with Gasteiger partial charge in [0.15, 0.2) is 0 Å². The second-order valence-corrected chi connectivity index (χ2v) is 5.11. The summed E-state index contributed by atoms with van der Waals surface area (Å²) in [5, 5.41) is 0.980. The molecule has 0 fully saturated rings. The van der Waals surface area contributed by atoms with Crippen LogP contribution in [-0.2, 0) is 16.0 Å². The highest BCUT2D eigenvalue weighted by molar-refractivity contribution is 9.09. The Morgan fingerprint density at radius 1 is 1.16 bits per heavy atom. The minimum absolute atomic E-state index is 0.136. The van der Waals surface area contributed by atoms with E-state index < -0.39 is 0 Å². The highest BCUT2D eigenvalue weighted by atomic mass is 79.9. The highest BCUT2D eigenvalue weighted by Gasteiger charge is 2.00. The van der Waals surface area contributed by atoms with E-state index >= 15 is 0 Å². The van der Waals surface area contributed by atoms with Crippen molar-refractivity contribution in [1.82, 2.24) is 0 Å². The molecule has 1 aromatic carbocycles. The largest absolute Gasteiger partial charge is 0.494 e. The third kappa shape index (κ3) is 7.21. The van der Waals surface area contributed by atoms with Gasteiger partial charge in [-0.05, 0) is 43.4 Å². The van der Waals surface area contributed by atoms with Crippen LogP contribution in [-0.4, -0.2) is 25.0 Å². The van der Waals surface area contributed by atoms with Gasteiger partial charge in [0.1, 0.15) is 5.75 Å². The third-order valence-corrected chi connectivity index (χ3v) is 3.22. The molecule has 0 atom stereocenters. The van der Waals surface area contributed by atoms with Crippen LogP contribution in [0.2, 0.25) is 0 Å². The van der Waals surface area contributed by atoms with Gasteiger partial charge in [0, 0.05) is 11.8 Å². The van der Waals surface area contributed by atoms with E-state index in [4.69, 9.17) is 4.74 Å². The van der Waals surface area contributed by atoms with E-state index in [1.165, 1.54) is 12.7 Å². The number of esters is 1. The first-order chi connectivity index (χ1) is 9.26. The van der Waals surface area contributed by atoms with Crippen molar-refractivity contribution in [3.8, 4) is 5.75 Å². The number of hydrogen-bond acceptors (Lipinski definition) is 3. The number of aryl methyl sites for hydroxylation is 1. The van der Waals surface area contributed by atoms with Gasteiger partial charge in [-0.1, -0.05) is 28.1 Å². The quantitative estimate of drug-likeness (QED) is 0.393. The summed E-state index contributed by atoms with van der Waals surface area (Å²) in [5.74, 6) is 0.773. The van der Waals surface area contributed by atoms with Crippen LogP contribution in [0.3, 0.4) is 0 Å². The number of ether oxygens (including phenoxy) is 2. The number of methoxy groups -OCH3 is 1. The van der Waals surface area contributed by atoms with E-state index in [-0.39, 0.29) is 5.97 Å². The molecule has 4 heteroatoms. The minimum atomic E-state index is -0.136. The van der Waals surface area contributed by atoms with Gasteiger partial charge < -0.3 is 9.47 Å². The number of halogens is 1. The van der Waals surface area contributed by atoms with Crippen LogP contribution in [0.15, 0.2) is 24.3 Å². The van der Waals surface area contributed by atoms with Crippen molar-refractivity contribution < 1.29 is 14.3 Å². The molecule has 0 aliphatic rings. The van der Waals surface area contributed by atoms with E-state index in [1.807, 2.05) is 12.1 Å². The molecular weight excluding hydrogens is 308 g/mol. The smallest absolute Gasteiger partial charge is 0.305 e. The Kier molecular flexibility index (Phi) is 8.30. The van der Waals surface area contributed by atoms with Crippen molar-refractivity contribution in [1.29, 1.82) is 0 Å². The first-order valence-electron chi connectivity index (χ1n) is 6.61. The monoisotopic (exact) mass is 328 g/mol. The molecule has 0 spiro atoms. The van der Waals surface area contributed by atoms with Crippen molar-refractivity contribution in [2.24, 2.45) is 0 Å². The second-order valence-electron chi connectivity index (χ2n) is 4.32. The molecule has 3 nitrogen and oxygen atoms in total. The second kappa shape index (κ2) is 9.84. The van der Waals surface area contributed by atoms with Crippen LogP contribution in [0.4, 0.5) is 0 Å². The Morgan fingerprint density at radius 3 is 2.53 bits per heavy atom. The standard InChI is InChI=1S/C15H21BrO3/c1-18-15(17)5-3-2-4-12-19-14-8-6-13(7-9-14)10-11-16/h6-9H,2-5,10-12H2,1H3. The molecule has 19 heavy (non-hydrogen) atoms. The van der Waals surface area contributed by atoms with Crippen molar-refractivity contribution in [2.75, 3.05) is 19.0 Å². The lowest BCUT2D eigenvalue weighted by molar-refractivity contribution is -0.140. The lowest BCUT2D eigenvalue weighted by Crippen LogP contribution is -2.01. The van der Waals surface area contributed by atoms with Crippen LogP contribution < -0.4 is 4.74 Å². The Hall–Kier alpha value is -1.03. The van der Waals surface area contributed by atoms with E-state index in [0.717, 1.165) is 36.8 Å². The third-order valence-electron chi connectivity index (χ3n) is 2.83. The lowest BCUT2D eigenvalue weighted by Gasteiger charge is -2.06. The molecule has 1 rings (SSSR count). The summed E-state index contributed by atoms with van der Waals surface area (Å²) in [4.78, 5) is 10.9. The molecule has 106 valence electrons. The first kappa shape index (κ1) is 16.0. The normalized spacial score (nSPS) is 10.2. The molecule has 1 aromatic rings. The zero-order valence-corrected chi connectivity index (χ0v) is 12.9. The molecule has 0 aliphatic heterocycles. The minimum Gasteiger partial charge on any atom is -0.494 e. The summed E-state index contributed by atoms with van der Waals surface area (Å²) < 4.78 is 10.2. The Labute approximate surface area is 123 Å². The molecule has 0 saturated carbocycles. The van der Waals surface area contributed by atoms with Gasteiger partial charge in [-0.25, -0.2) is 0 Å². The van der Waals surface area contributed by atoms with Crippen LogP contribution in [0.25, 0.3) is 0 Å². The fraction of sp³-hybridized carbons (Fsp3) is 0.533. The summed E-state index contributed by atoms with van der Waals surface area (Å²) in [6.07, 6.45) is 4.34. The molecule has 0 bridgehead atoms. The van der Waals surface area contributed by atoms with Crippen molar-refractivity contribution in [2.45, 2.75) is 32.1 Å². The van der Waals surface area contributed by atoms with E-state index in [2.05, 4.69) is 32.8 Å². The van der Waals surface area contributed by atoms with Gasteiger partial charge in [0.2, 0.25) is 0 Å². The van der Waals surface area contributed by atoms with Gasteiger partial charge in [-0.3, -0.25) is 4.79 Å². The molecule has 0 N–H and O–H groups in total. The van der Waals surface area contributed by atoms with E-state index in [1.54, 1.807) is 0 Å². The topological polar surface area (TPSA) is 35.5 Å². The van der Waals surface area contributed by atoms with Crippen LogP contribution in [0.5, 0.6) is 5.75 Å². The van der Waals surface area contributed by atoms with Crippen molar-refractivity contribution in [3.05, 3.63) is 29.8 Å². The average Bonchev–Trinajstić information content (AvgIpc) is 2.44. The molecule has 0 unspecified atom stereocenters. The average molecular weight is 329 g/mol. The van der Waals surface area contributed by atoms with Crippen molar-refractivity contribution >= 4 is 21.9 Å². The Balaban J connectivity index is 2.10. The number of rotatable bonds is 9. The predicted octanol–water partition coefficient (Wildman–Crippen LogP) is 3.74. The van der Waals surface area contributed by atoms with Gasteiger partial charge >= 0.3 is 5.97 Å². The summed E-state index contributed by atoms with van der Waals surface area (Å²) >= 11 is 3.42. The van der Waals surface area contributed by atoms with Crippen LogP contribution >= 0.6 is 15.9 Å². The Morgan fingerprint density at radius 2 is 1.89 bits per heavy atom. The van der Waals surface area contributed by atoms with Crippen LogP contribution in [0.1, 0.15) is 31.2 Å². The Bertz CT molecular complexity index is 362. The van der Waals surface area contributed by atoms with Crippen molar-refractivity contribution in [3.63, 3.8) is 0 Å². The summed E-state index contributed by atoms with van der Waals surface area (Å²) in [5.41, 5.74) is 1.31. The summed E-state index contributed by atoms with van der Waals surface area (Å²) in [7, 11) is 1.42. The zero-order valence-electron chi connectivity index (χ0n) is 11.4. The molecule has 0 radical (unpaired) electrons. The van der Waals surface area contributed by atoms with E-state index in [0.29, 0.717) is 13.0 Å². The zero-order chi connectivity index (χ0) is 13.9. The van der Waals surface area contributed by atoms with E-state index in [9.17, 15) is 4.79 Å². The molecule has 0 aromatic heterocycles. The number of hydrogen-bond donors (Lipinski definition) is 0. The fourth-order valence-electron chi connectivity index (χ4n) is 1.70. The summed E-state index contributed by atoms with van der Waals surface area (Å²) in [6, 6.07) is 8.20. The molecular formula is C15H21BrO3. The number of benzene rings is 1. The first-order valence-corrected chi connectivity index (χ1v) is 7.73. The fourth-order valence-corrected chi connectivity index (χ4v) is 2.16. The van der Waals surface area contributed by atoms with Gasteiger partial charge in [0.25, 0.3) is 0 Å². The van der Waals surface area contributed by atoms with Gasteiger partial charge in [-0.15, -0.1) is 0 Å². The maximum absolute atomic E-state index is 10.9. The maximum Gasteiger partial charge on any atom is 0.305 e. The highest BCUT2D eigenvalue weighted by Crippen LogP contribution is 2.14. The maximum atomic E-state index is 10.9. The summed E-state index contributed by atoms with van der Waals surface area (Å²) in [6.45, 7) is 0.693. The number of alkyl halides is 1. The van der Waals surface area contributed by atoms with Crippen LogP contribution in [0, 0.1) is 0 Å². The predicted molar refractivity (Wildman–Crippen MR) is 79.9 cm³/mol. The van der Waals surface area contributed by atoms with Gasteiger partial charge in [-0.2, -0.15) is 0 Å². The molecule has 0 amide bonds. The number of carbonyl (C=O) groups is 1.